The van der Waals surface area contributed by atoms with Crippen LogP contribution in [0.2, 0.25) is 0 Å². The molecule has 2 aromatic rings. The Morgan fingerprint density at radius 3 is 2.41 bits per heavy atom. The SMILES string of the molecule is O=c1ccc(-c2ccc(S(=O)(=O)N3CCCCCC3)o2)n[nH]1. The predicted molar refractivity (Wildman–Crippen MR) is 79.8 cm³/mol. The molecule has 0 bridgehead atoms. The van der Waals surface area contributed by atoms with Crippen molar-refractivity contribution in [1.82, 2.24) is 14.5 Å². The molecule has 1 N–H and O–H groups in total. The van der Waals surface area contributed by atoms with E-state index < -0.39 is 10.0 Å². The first-order valence-corrected chi connectivity index (χ1v) is 8.67. The van der Waals surface area contributed by atoms with E-state index in [0.717, 1.165) is 25.7 Å². The summed E-state index contributed by atoms with van der Waals surface area (Å²) < 4.78 is 32.1. The quantitative estimate of drug-likeness (QED) is 0.925. The van der Waals surface area contributed by atoms with Crippen LogP contribution in [0, 0.1) is 0 Å². The van der Waals surface area contributed by atoms with E-state index in [9.17, 15) is 13.2 Å². The Bertz CT molecular complexity index is 781. The van der Waals surface area contributed by atoms with Crippen molar-refractivity contribution in [2.75, 3.05) is 13.1 Å². The minimum Gasteiger partial charge on any atom is -0.442 e. The maximum Gasteiger partial charge on any atom is 0.276 e. The number of H-pyrrole nitrogens is 1. The Kier molecular flexibility index (Phi) is 4.12. The van der Waals surface area contributed by atoms with Gasteiger partial charge in [0.1, 0.15) is 5.69 Å². The number of aromatic amines is 1. The lowest BCUT2D eigenvalue weighted by Crippen LogP contribution is -2.31. The number of sulfonamides is 1. The molecular formula is C14H17N3O4S. The van der Waals surface area contributed by atoms with Crippen molar-refractivity contribution in [3.8, 4) is 11.5 Å². The summed E-state index contributed by atoms with van der Waals surface area (Å²) >= 11 is 0. The van der Waals surface area contributed by atoms with Gasteiger partial charge in [-0.15, -0.1) is 0 Å². The largest absolute Gasteiger partial charge is 0.442 e. The second kappa shape index (κ2) is 6.05. The highest BCUT2D eigenvalue weighted by Gasteiger charge is 2.28. The van der Waals surface area contributed by atoms with E-state index in [0.29, 0.717) is 24.5 Å². The zero-order chi connectivity index (χ0) is 15.6. The molecule has 0 amide bonds. The molecule has 0 spiro atoms. The van der Waals surface area contributed by atoms with Gasteiger partial charge in [0.2, 0.25) is 5.09 Å². The van der Waals surface area contributed by atoms with Crippen LogP contribution in [0.15, 0.2) is 38.6 Å². The third-order valence-electron chi connectivity index (χ3n) is 3.67. The van der Waals surface area contributed by atoms with Gasteiger partial charge in [0.05, 0.1) is 0 Å². The van der Waals surface area contributed by atoms with E-state index in [1.165, 1.54) is 22.5 Å². The molecule has 1 aliphatic rings. The lowest BCUT2D eigenvalue weighted by Gasteiger charge is -2.17. The van der Waals surface area contributed by atoms with Crippen LogP contribution in [-0.2, 0) is 10.0 Å². The highest BCUT2D eigenvalue weighted by atomic mass is 32.2. The van der Waals surface area contributed by atoms with E-state index >= 15 is 0 Å². The summed E-state index contributed by atoms with van der Waals surface area (Å²) in [6.07, 6.45) is 3.84. The van der Waals surface area contributed by atoms with Gasteiger partial charge < -0.3 is 4.42 Å². The van der Waals surface area contributed by atoms with Gasteiger partial charge in [-0.3, -0.25) is 4.79 Å². The fourth-order valence-corrected chi connectivity index (χ4v) is 3.92. The molecule has 7 nitrogen and oxygen atoms in total. The van der Waals surface area contributed by atoms with Crippen LogP contribution in [-0.4, -0.2) is 36.0 Å². The molecule has 1 fully saturated rings. The van der Waals surface area contributed by atoms with Crippen molar-refractivity contribution in [3.63, 3.8) is 0 Å². The van der Waals surface area contributed by atoms with Gasteiger partial charge >= 0.3 is 0 Å². The van der Waals surface area contributed by atoms with Crippen molar-refractivity contribution in [2.24, 2.45) is 0 Å². The van der Waals surface area contributed by atoms with Gasteiger partial charge in [-0.2, -0.15) is 9.40 Å². The number of rotatable bonds is 3. The molecule has 0 unspecified atom stereocenters. The van der Waals surface area contributed by atoms with E-state index in [4.69, 9.17) is 4.42 Å². The number of nitrogens with zero attached hydrogens (tertiary/aromatic N) is 2. The van der Waals surface area contributed by atoms with Crippen LogP contribution in [0.3, 0.4) is 0 Å². The minimum atomic E-state index is -3.61. The summed E-state index contributed by atoms with van der Waals surface area (Å²) in [5.74, 6) is 0.310. The maximum absolute atomic E-state index is 12.6. The van der Waals surface area contributed by atoms with Gasteiger partial charge in [0.15, 0.2) is 5.76 Å². The van der Waals surface area contributed by atoms with Gasteiger partial charge in [0, 0.05) is 19.2 Å². The zero-order valence-corrected chi connectivity index (χ0v) is 12.8. The predicted octanol–water partition coefficient (Wildman–Crippen LogP) is 1.59. The fraction of sp³-hybridized carbons (Fsp3) is 0.429. The smallest absolute Gasteiger partial charge is 0.276 e. The first kappa shape index (κ1) is 15.0. The molecule has 0 atom stereocenters. The van der Waals surface area contributed by atoms with Crippen LogP contribution >= 0.6 is 0 Å². The van der Waals surface area contributed by atoms with Crippen LogP contribution in [0.4, 0.5) is 0 Å². The highest BCUT2D eigenvalue weighted by molar-refractivity contribution is 7.89. The summed E-state index contributed by atoms with van der Waals surface area (Å²) in [6, 6.07) is 5.78. The topological polar surface area (TPSA) is 96.3 Å². The van der Waals surface area contributed by atoms with Gasteiger partial charge in [-0.1, -0.05) is 12.8 Å². The molecule has 0 radical (unpaired) electrons. The van der Waals surface area contributed by atoms with Crippen molar-refractivity contribution in [2.45, 2.75) is 30.8 Å². The van der Waals surface area contributed by atoms with Gasteiger partial charge in [-0.05, 0) is 31.0 Å². The molecule has 3 rings (SSSR count). The molecule has 0 aromatic carbocycles. The van der Waals surface area contributed by atoms with Crippen LogP contribution in [0.1, 0.15) is 25.7 Å². The summed E-state index contributed by atoms with van der Waals surface area (Å²) in [5.41, 5.74) is 0.0598. The Morgan fingerprint density at radius 2 is 1.77 bits per heavy atom. The zero-order valence-electron chi connectivity index (χ0n) is 12.0. The summed E-state index contributed by atoms with van der Waals surface area (Å²) in [5, 5.41) is 6.04. The number of aromatic nitrogens is 2. The molecule has 1 saturated heterocycles. The fourth-order valence-electron chi connectivity index (χ4n) is 2.49. The van der Waals surface area contributed by atoms with Gasteiger partial charge in [0.25, 0.3) is 15.6 Å². The van der Waals surface area contributed by atoms with E-state index in [1.807, 2.05) is 0 Å². The van der Waals surface area contributed by atoms with Crippen molar-refractivity contribution in [3.05, 3.63) is 34.6 Å². The molecular weight excluding hydrogens is 306 g/mol. The average molecular weight is 323 g/mol. The van der Waals surface area contributed by atoms with Crippen LogP contribution in [0.25, 0.3) is 11.5 Å². The van der Waals surface area contributed by atoms with Gasteiger partial charge in [-0.25, -0.2) is 13.5 Å². The average Bonchev–Trinajstić information content (AvgIpc) is 2.84. The van der Waals surface area contributed by atoms with Crippen LogP contribution < -0.4 is 5.56 Å². The molecule has 0 saturated carbocycles. The summed E-state index contributed by atoms with van der Waals surface area (Å²) in [4.78, 5) is 11.0. The van der Waals surface area contributed by atoms with Crippen molar-refractivity contribution >= 4 is 10.0 Å². The van der Waals surface area contributed by atoms with E-state index in [1.54, 1.807) is 6.07 Å². The second-order valence-corrected chi connectivity index (χ2v) is 7.11. The third-order valence-corrected chi connectivity index (χ3v) is 5.44. The number of hydrogen-bond donors (Lipinski definition) is 1. The molecule has 3 heterocycles. The molecule has 22 heavy (non-hydrogen) atoms. The van der Waals surface area contributed by atoms with Crippen molar-refractivity contribution < 1.29 is 12.8 Å². The third kappa shape index (κ3) is 2.97. The first-order chi connectivity index (χ1) is 10.6. The second-order valence-electron chi connectivity index (χ2n) is 5.24. The molecule has 2 aromatic heterocycles. The molecule has 0 aliphatic carbocycles. The number of hydrogen-bond acceptors (Lipinski definition) is 5. The standard InChI is InChI=1S/C14H17N3O4S/c18-13-7-5-11(15-16-13)12-6-8-14(21-12)22(19,20)17-9-3-1-2-4-10-17/h5-8H,1-4,9-10H2,(H,16,18). The molecule has 118 valence electrons. The lowest BCUT2D eigenvalue weighted by molar-refractivity contribution is 0.389. The minimum absolute atomic E-state index is 0.0857. The number of nitrogens with one attached hydrogen (secondary N) is 1. The molecule has 8 heteroatoms. The lowest BCUT2D eigenvalue weighted by atomic mass is 10.2. The Hall–Kier alpha value is -1.93. The number of furan rings is 1. The molecule has 1 aliphatic heterocycles. The van der Waals surface area contributed by atoms with E-state index in [2.05, 4.69) is 10.2 Å². The summed E-state index contributed by atoms with van der Waals surface area (Å²) in [6.45, 7) is 1.05. The Balaban J connectivity index is 1.88. The normalized spacial score (nSPS) is 17.3. The van der Waals surface area contributed by atoms with Crippen molar-refractivity contribution in [1.29, 1.82) is 0 Å². The first-order valence-electron chi connectivity index (χ1n) is 7.23. The van der Waals surface area contributed by atoms with E-state index in [-0.39, 0.29) is 10.7 Å². The highest BCUT2D eigenvalue weighted by Crippen LogP contribution is 2.26. The maximum atomic E-state index is 12.6. The monoisotopic (exact) mass is 323 g/mol. The Labute approximate surface area is 128 Å². The summed E-state index contributed by atoms with van der Waals surface area (Å²) in [7, 11) is -3.61. The van der Waals surface area contributed by atoms with Crippen LogP contribution in [0.5, 0.6) is 0 Å². The Morgan fingerprint density at radius 1 is 1.05 bits per heavy atom.